The number of amides is 1. The smallest absolute Gasteiger partial charge is 0.253 e. The summed E-state index contributed by atoms with van der Waals surface area (Å²) in [4.78, 5) is 14.2. The van der Waals surface area contributed by atoms with E-state index >= 15 is 0 Å². The lowest BCUT2D eigenvalue weighted by Crippen LogP contribution is -2.33. The highest BCUT2D eigenvalue weighted by Crippen LogP contribution is 2.48. The molecular weight excluding hydrogens is 267 g/mol. The molecule has 2 bridgehead atoms. The number of carbonyl (C=O) groups excluding carboxylic acids is 1. The van der Waals surface area contributed by atoms with Crippen molar-refractivity contribution in [2.45, 2.75) is 32.6 Å². The number of anilines is 1. The zero-order valence-electron chi connectivity index (χ0n) is 12.7. The quantitative estimate of drug-likeness (QED) is 0.869. The first-order valence-corrected chi connectivity index (χ1v) is 7.76. The molecule has 0 saturated heterocycles. The maximum Gasteiger partial charge on any atom is 0.253 e. The SMILES string of the molecule is Cc1c(N)cc(C(=O)N(C)CC2CC3CCC2C3)cc1F. The van der Waals surface area contributed by atoms with Crippen LogP contribution in [0.3, 0.4) is 0 Å². The van der Waals surface area contributed by atoms with Gasteiger partial charge in [0.25, 0.3) is 5.91 Å². The first-order valence-electron chi connectivity index (χ1n) is 7.76. The number of hydrogen-bond donors (Lipinski definition) is 1. The molecule has 21 heavy (non-hydrogen) atoms. The van der Waals surface area contributed by atoms with Crippen LogP contribution in [-0.4, -0.2) is 24.4 Å². The Kier molecular flexibility index (Phi) is 3.64. The Hall–Kier alpha value is -1.58. The number of nitrogen functional groups attached to an aromatic ring is 1. The lowest BCUT2D eigenvalue weighted by Gasteiger charge is -2.27. The molecule has 3 unspecified atom stereocenters. The molecule has 0 aliphatic heterocycles. The molecule has 0 spiro atoms. The second-order valence-electron chi connectivity index (χ2n) is 6.79. The van der Waals surface area contributed by atoms with Gasteiger partial charge in [-0.1, -0.05) is 6.42 Å². The van der Waals surface area contributed by atoms with Crippen molar-refractivity contribution in [1.82, 2.24) is 4.90 Å². The van der Waals surface area contributed by atoms with Crippen molar-refractivity contribution in [2.75, 3.05) is 19.3 Å². The summed E-state index contributed by atoms with van der Waals surface area (Å²) in [5, 5.41) is 0. The van der Waals surface area contributed by atoms with E-state index in [9.17, 15) is 9.18 Å². The molecule has 1 aromatic carbocycles. The average molecular weight is 290 g/mol. The van der Waals surface area contributed by atoms with Crippen molar-refractivity contribution in [2.24, 2.45) is 17.8 Å². The summed E-state index contributed by atoms with van der Waals surface area (Å²) in [5.41, 5.74) is 6.85. The minimum atomic E-state index is -0.410. The van der Waals surface area contributed by atoms with Crippen LogP contribution in [0.25, 0.3) is 0 Å². The van der Waals surface area contributed by atoms with Crippen LogP contribution >= 0.6 is 0 Å². The van der Waals surface area contributed by atoms with Gasteiger partial charge in [0.1, 0.15) is 5.82 Å². The zero-order valence-corrected chi connectivity index (χ0v) is 12.7. The minimum absolute atomic E-state index is 0.136. The van der Waals surface area contributed by atoms with E-state index in [2.05, 4.69) is 0 Å². The molecule has 2 aliphatic rings. The lowest BCUT2D eigenvalue weighted by atomic mass is 9.88. The molecule has 2 fully saturated rings. The molecule has 4 heteroatoms. The highest BCUT2D eigenvalue weighted by Gasteiger charge is 2.40. The van der Waals surface area contributed by atoms with Gasteiger partial charge in [0.2, 0.25) is 0 Å². The number of nitrogens with two attached hydrogens (primary N) is 1. The topological polar surface area (TPSA) is 46.3 Å². The van der Waals surface area contributed by atoms with Crippen LogP contribution in [0.15, 0.2) is 12.1 Å². The molecule has 3 nitrogen and oxygen atoms in total. The van der Waals surface area contributed by atoms with E-state index in [4.69, 9.17) is 5.73 Å². The molecule has 2 saturated carbocycles. The molecule has 2 aliphatic carbocycles. The number of carbonyl (C=O) groups is 1. The Bertz CT molecular complexity index is 549. The normalized spacial score (nSPS) is 27.1. The second-order valence-corrected chi connectivity index (χ2v) is 6.79. The van der Waals surface area contributed by atoms with E-state index in [-0.39, 0.29) is 5.91 Å². The number of rotatable bonds is 3. The Morgan fingerprint density at radius 2 is 2.14 bits per heavy atom. The highest BCUT2D eigenvalue weighted by molar-refractivity contribution is 5.95. The summed E-state index contributed by atoms with van der Waals surface area (Å²) in [6.45, 7) is 2.40. The molecule has 114 valence electrons. The van der Waals surface area contributed by atoms with Gasteiger partial charge in [0.15, 0.2) is 0 Å². The third-order valence-corrected chi connectivity index (χ3v) is 5.37. The number of hydrogen-bond acceptors (Lipinski definition) is 2. The van der Waals surface area contributed by atoms with Gasteiger partial charge in [0, 0.05) is 30.4 Å². The van der Waals surface area contributed by atoms with E-state index in [1.54, 1.807) is 17.9 Å². The highest BCUT2D eigenvalue weighted by atomic mass is 19.1. The predicted octanol–water partition coefficient (Wildman–Crippen LogP) is 3.22. The largest absolute Gasteiger partial charge is 0.398 e. The van der Waals surface area contributed by atoms with Gasteiger partial charge < -0.3 is 10.6 Å². The van der Waals surface area contributed by atoms with Crippen LogP contribution < -0.4 is 5.73 Å². The molecule has 2 N–H and O–H groups in total. The number of benzene rings is 1. The van der Waals surface area contributed by atoms with Crippen molar-refractivity contribution >= 4 is 11.6 Å². The second kappa shape index (κ2) is 5.32. The maximum absolute atomic E-state index is 13.7. The summed E-state index contributed by atoms with van der Waals surface area (Å²) in [6, 6.07) is 2.88. The van der Waals surface area contributed by atoms with Crippen LogP contribution in [0.1, 0.15) is 41.6 Å². The summed E-state index contributed by atoms with van der Waals surface area (Å²) in [7, 11) is 1.81. The van der Waals surface area contributed by atoms with E-state index in [0.29, 0.717) is 22.7 Å². The first kappa shape index (κ1) is 14.4. The van der Waals surface area contributed by atoms with Crippen molar-refractivity contribution < 1.29 is 9.18 Å². The Balaban J connectivity index is 1.70. The van der Waals surface area contributed by atoms with Gasteiger partial charge in [0.05, 0.1) is 0 Å². The number of fused-ring (bicyclic) bond motifs is 2. The molecule has 0 heterocycles. The molecule has 0 aromatic heterocycles. The zero-order chi connectivity index (χ0) is 15.1. The van der Waals surface area contributed by atoms with Crippen LogP contribution in [0.2, 0.25) is 0 Å². The molecule has 0 radical (unpaired) electrons. The molecule has 1 aromatic rings. The van der Waals surface area contributed by atoms with Crippen LogP contribution in [0.5, 0.6) is 0 Å². The Morgan fingerprint density at radius 1 is 1.38 bits per heavy atom. The van der Waals surface area contributed by atoms with Crippen molar-refractivity contribution in [3.05, 3.63) is 29.1 Å². The summed E-state index contributed by atoms with van der Waals surface area (Å²) < 4.78 is 13.7. The minimum Gasteiger partial charge on any atom is -0.398 e. The molecule has 1 amide bonds. The fourth-order valence-corrected chi connectivity index (χ4v) is 4.08. The van der Waals surface area contributed by atoms with Crippen LogP contribution in [0, 0.1) is 30.5 Å². The molecular formula is C17H23FN2O. The lowest BCUT2D eigenvalue weighted by molar-refractivity contribution is 0.0754. The van der Waals surface area contributed by atoms with Crippen molar-refractivity contribution in [3.63, 3.8) is 0 Å². The van der Waals surface area contributed by atoms with E-state index in [1.165, 1.54) is 31.7 Å². The van der Waals surface area contributed by atoms with Gasteiger partial charge in [-0.25, -0.2) is 4.39 Å². The average Bonchev–Trinajstić information content (AvgIpc) is 3.05. The van der Waals surface area contributed by atoms with Gasteiger partial charge >= 0.3 is 0 Å². The third kappa shape index (κ3) is 2.63. The van der Waals surface area contributed by atoms with Crippen molar-refractivity contribution in [3.8, 4) is 0 Å². The van der Waals surface area contributed by atoms with Gasteiger partial charge in [-0.15, -0.1) is 0 Å². The number of nitrogens with zero attached hydrogens (tertiary/aromatic N) is 1. The van der Waals surface area contributed by atoms with Crippen LogP contribution in [-0.2, 0) is 0 Å². The predicted molar refractivity (Wildman–Crippen MR) is 81.4 cm³/mol. The standard InChI is InChI=1S/C17H23FN2O/c1-10-15(18)7-13(8-16(10)19)17(21)20(2)9-14-6-11-3-4-12(14)5-11/h7-8,11-12,14H,3-6,9,19H2,1-2H3. The van der Waals surface area contributed by atoms with Crippen molar-refractivity contribution in [1.29, 1.82) is 0 Å². The maximum atomic E-state index is 13.7. The van der Waals surface area contributed by atoms with Crippen LogP contribution in [0.4, 0.5) is 10.1 Å². The van der Waals surface area contributed by atoms with E-state index in [1.807, 2.05) is 7.05 Å². The van der Waals surface area contributed by atoms with E-state index in [0.717, 1.165) is 18.4 Å². The monoisotopic (exact) mass is 290 g/mol. The molecule has 3 rings (SSSR count). The number of halogens is 1. The Labute approximate surface area is 125 Å². The third-order valence-electron chi connectivity index (χ3n) is 5.37. The molecule has 3 atom stereocenters. The van der Waals surface area contributed by atoms with E-state index < -0.39 is 5.82 Å². The summed E-state index contributed by atoms with van der Waals surface area (Å²) >= 11 is 0. The van der Waals surface area contributed by atoms with Gasteiger partial charge in [-0.3, -0.25) is 4.79 Å². The summed E-state index contributed by atoms with van der Waals surface area (Å²) in [6.07, 6.45) is 5.24. The first-order chi connectivity index (χ1) is 9.95. The summed E-state index contributed by atoms with van der Waals surface area (Å²) in [5.74, 6) is 1.72. The fourth-order valence-electron chi connectivity index (χ4n) is 4.08. The Morgan fingerprint density at radius 3 is 2.71 bits per heavy atom. The fraction of sp³-hybridized carbons (Fsp3) is 0.588. The van der Waals surface area contributed by atoms with Gasteiger partial charge in [-0.05, 0) is 56.1 Å². The van der Waals surface area contributed by atoms with Gasteiger partial charge in [-0.2, -0.15) is 0 Å².